The molecule has 4 saturated carbocycles. The van der Waals surface area contributed by atoms with Crippen molar-refractivity contribution in [3.63, 3.8) is 0 Å². The minimum Gasteiger partial charge on any atom is -0.339 e. The third kappa shape index (κ3) is 1.76. The highest BCUT2D eigenvalue weighted by Crippen LogP contribution is 2.63. The fourth-order valence-electron chi connectivity index (χ4n) is 5.37. The Balaban J connectivity index is 1.63. The van der Waals surface area contributed by atoms with Gasteiger partial charge in [0.15, 0.2) is 5.82 Å². The zero-order chi connectivity index (χ0) is 13.0. The second-order valence-electron chi connectivity index (χ2n) is 7.16. The third-order valence-corrected chi connectivity index (χ3v) is 5.81. The molecule has 4 fully saturated rings. The van der Waals surface area contributed by atoms with Gasteiger partial charge in [0.1, 0.15) is 0 Å². The Labute approximate surface area is 114 Å². The predicted molar refractivity (Wildman–Crippen MR) is 71.2 cm³/mol. The Hall–Kier alpha value is -0.900. The summed E-state index contributed by atoms with van der Waals surface area (Å²) in [6, 6.07) is -0.0232. The Kier molecular flexibility index (Phi) is 2.53. The summed E-state index contributed by atoms with van der Waals surface area (Å²) < 4.78 is 5.26. The standard InChI is InChI=1S/C15H23N3O/c1-2-12-17-14(18-19-12)13(16)15-6-9-3-10(7-15)5-11(4-9)8-15/h9-11,13H,2-8,16H2,1H3. The summed E-state index contributed by atoms with van der Waals surface area (Å²) in [4.78, 5) is 4.48. The lowest BCUT2D eigenvalue weighted by Crippen LogP contribution is -2.51. The summed E-state index contributed by atoms with van der Waals surface area (Å²) >= 11 is 0. The monoisotopic (exact) mass is 261 g/mol. The van der Waals surface area contributed by atoms with Gasteiger partial charge < -0.3 is 10.3 Å². The van der Waals surface area contributed by atoms with Gasteiger partial charge in [0.25, 0.3) is 0 Å². The Morgan fingerprint density at radius 2 is 1.79 bits per heavy atom. The molecule has 1 heterocycles. The molecule has 0 amide bonds. The minimum absolute atomic E-state index is 0.0232. The molecule has 0 spiro atoms. The van der Waals surface area contributed by atoms with Crippen LogP contribution in [0.4, 0.5) is 0 Å². The molecular weight excluding hydrogens is 238 g/mol. The van der Waals surface area contributed by atoms with Gasteiger partial charge in [-0.1, -0.05) is 12.1 Å². The maximum atomic E-state index is 6.58. The first-order chi connectivity index (χ1) is 9.18. The lowest BCUT2D eigenvalue weighted by atomic mass is 9.47. The van der Waals surface area contributed by atoms with Crippen LogP contribution >= 0.6 is 0 Å². The number of rotatable bonds is 3. The molecule has 4 nitrogen and oxygen atoms in total. The fourth-order valence-corrected chi connectivity index (χ4v) is 5.37. The first-order valence-electron chi connectivity index (χ1n) is 7.76. The van der Waals surface area contributed by atoms with Crippen LogP contribution in [0.15, 0.2) is 4.52 Å². The summed E-state index contributed by atoms with van der Waals surface area (Å²) in [5.41, 5.74) is 6.84. The molecule has 0 aromatic carbocycles. The topological polar surface area (TPSA) is 64.9 Å². The summed E-state index contributed by atoms with van der Waals surface area (Å²) in [5, 5.41) is 4.13. The van der Waals surface area contributed by atoms with Gasteiger partial charge in [-0.15, -0.1) is 0 Å². The van der Waals surface area contributed by atoms with Crippen molar-refractivity contribution in [1.29, 1.82) is 0 Å². The Morgan fingerprint density at radius 3 is 2.26 bits per heavy atom. The molecule has 4 aliphatic carbocycles. The molecule has 4 aliphatic rings. The van der Waals surface area contributed by atoms with Crippen LogP contribution in [0.5, 0.6) is 0 Å². The van der Waals surface area contributed by atoms with Crippen LogP contribution in [0.25, 0.3) is 0 Å². The number of hydrogen-bond donors (Lipinski definition) is 1. The van der Waals surface area contributed by atoms with E-state index in [0.717, 1.165) is 35.9 Å². The molecule has 0 aliphatic heterocycles. The van der Waals surface area contributed by atoms with Gasteiger partial charge in [0, 0.05) is 6.42 Å². The van der Waals surface area contributed by atoms with Gasteiger partial charge in [0.2, 0.25) is 5.89 Å². The average molecular weight is 261 g/mol. The normalized spacial score (nSPS) is 41.7. The highest BCUT2D eigenvalue weighted by molar-refractivity contribution is 5.10. The van der Waals surface area contributed by atoms with Gasteiger partial charge in [-0.25, -0.2) is 0 Å². The van der Waals surface area contributed by atoms with Gasteiger partial charge in [-0.05, 0) is 61.7 Å². The molecule has 4 bridgehead atoms. The first-order valence-corrected chi connectivity index (χ1v) is 7.76. The van der Waals surface area contributed by atoms with Gasteiger partial charge in [0.05, 0.1) is 6.04 Å². The fraction of sp³-hybridized carbons (Fsp3) is 0.867. The molecule has 5 rings (SSSR count). The summed E-state index contributed by atoms with van der Waals surface area (Å²) in [6.45, 7) is 2.04. The van der Waals surface area contributed by atoms with Gasteiger partial charge in [-0.3, -0.25) is 0 Å². The van der Waals surface area contributed by atoms with Crippen molar-refractivity contribution in [3.8, 4) is 0 Å². The van der Waals surface area contributed by atoms with Crippen LogP contribution < -0.4 is 5.73 Å². The molecule has 0 saturated heterocycles. The smallest absolute Gasteiger partial charge is 0.226 e. The molecule has 1 aromatic rings. The summed E-state index contributed by atoms with van der Waals surface area (Å²) in [6.07, 6.45) is 8.98. The molecule has 1 unspecified atom stereocenters. The second-order valence-corrected chi connectivity index (χ2v) is 7.16. The molecule has 1 atom stereocenters. The number of nitrogens with two attached hydrogens (primary N) is 1. The van der Waals surface area contributed by atoms with Crippen molar-refractivity contribution in [3.05, 3.63) is 11.7 Å². The zero-order valence-corrected chi connectivity index (χ0v) is 11.6. The van der Waals surface area contributed by atoms with Crippen LogP contribution in [0.3, 0.4) is 0 Å². The van der Waals surface area contributed by atoms with Crippen molar-refractivity contribution in [2.45, 2.75) is 57.9 Å². The van der Waals surface area contributed by atoms with E-state index in [2.05, 4.69) is 10.1 Å². The third-order valence-electron chi connectivity index (χ3n) is 5.81. The molecule has 104 valence electrons. The molecule has 1 aromatic heterocycles. The highest BCUT2D eigenvalue weighted by Gasteiger charge is 2.54. The van der Waals surface area contributed by atoms with Gasteiger partial charge >= 0.3 is 0 Å². The number of aromatic nitrogens is 2. The first kappa shape index (κ1) is 11.9. The minimum atomic E-state index is -0.0232. The van der Waals surface area contributed by atoms with Crippen LogP contribution in [0, 0.1) is 23.2 Å². The summed E-state index contributed by atoms with van der Waals surface area (Å²) in [5.74, 6) is 4.20. The van der Waals surface area contributed by atoms with E-state index in [0.29, 0.717) is 0 Å². The molecule has 19 heavy (non-hydrogen) atoms. The van der Waals surface area contributed by atoms with Crippen LogP contribution in [0.2, 0.25) is 0 Å². The Bertz CT molecular complexity index is 446. The van der Waals surface area contributed by atoms with Crippen molar-refractivity contribution in [2.24, 2.45) is 28.9 Å². The van der Waals surface area contributed by atoms with E-state index in [1.807, 2.05) is 6.92 Å². The van der Waals surface area contributed by atoms with E-state index in [-0.39, 0.29) is 11.5 Å². The van der Waals surface area contributed by atoms with Crippen molar-refractivity contribution >= 4 is 0 Å². The van der Waals surface area contributed by atoms with Crippen molar-refractivity contribution in [1.82, 2.24) is 10.1 Å². The largest absolute Gasteiger partial charge is 0.339 e. The lowest BCUT2D eigenvalue weighted by molar-refractivity contribution is -0.0694. The van der Waals surface area contributed by atoms with E-state index < -0.39 is 0 Å². The number of aryl methyl sites for hydroxylation is 1. The zero-order valence-electron chi connectivity index (χ0n) is 11.6. The number of hydrogen-bond acceptors (Lipinski definition) is 4. The van der Waals surface area contributed by atoms with E-state index in [4.69, 9.17) is 10.3 Å². The highest BCUT2D eigenvalue weighted by atomic mass is 16.5. The van der Waals surface area contributed by atoms with Crippen LogP contribution in [0.1, 0.15) is 63.2 Å². The van der Waals surface area contributed by atoms with Crippen molar-refractivity contribution < 1.29 is 4.52 Å². The quantitative estimate of drug-likeness (QED) is 0.908. The predicted octanol–water partition coefficient (Wildman–Crippen LogP) is 2.85. The average Bonchev–Trinajstić information content (AvgIpc) is 2.84. The Morgan fingerprint density at radius 1 is 1.21 bits per heavy atom. The van der Waals surface area contributed by atoms with Gasteiger partial charge in [-0.2, -0.15) is 4.98 Å². The molecular formula is C15H23N3O. The van der Waals surface area contributed by atoms with E-state index >= 15 is 0 Å². The van der Waals surface area contributed by atoms with Crippen molar-refractivity contribution in [2.75, 3.05) is 0 Å². The van der Waals surface area contributed by atoms with E-state index in [1.54, 1.807) is 0 Å². The van der Waals surface area contributed by atoms with E-state index in [1.165, 1.54) is 38.5 Å². The van der Waals surface area contributed by atoms with Crippen LogP contribution in [-0.2, 0) is 6.42 Å². The summed E-state index contributed by atoms with van der Waals surface area (Å²) in [7, 11) is 0. The van der Waals surface area contributed by atoms with E-state index in [9.17, 15) is 0 Å². The molecule has 4 heteroatoms. The molecule has 2 N–H and O–H groups in total. The maximum absolute atomic E-state index is 6.58. The number of nitrogens with zero attached hydrogens (tertiary/aromatic N) is 2. The molecule has 0 radical (unpaired) electrons. The maximum Gasteiger partial charge on any atom is 0.226 e. The second kappa shape index (κ2) is 4.05. The SMILES string of the molecule is CCc1nc(C(N)C23CC4CC(CC(C4)C2)C3)no1. The van der Waals surface area contributed by atoms with Crippen LogP contribution in [-0.4, -0.2) is 10.1 Å². The lowest BCUT2D eigenvalue weighted by Gasteiger charge is -2.58.